The molecule has 0 aliphatic rings. The van der Waals surface area contributed by atoms with Gasteiger partial charge in [0.15, 0.2) is 5.11 Å². The van der Waals surface area contributed by atoms with Crippen molar-refractivity contribution in [3.8, 4) is 0 Å². The highest BCUT2D eigenvalue weighted by Gasteiger charge is 2.07. The summed E-state index contributed by atoms with van der Waals surface area (Å²) in [5.74, 6) is 0.589. The highest BCUT2D eigenvalue weighted by molar-refractivity contribution is 7.80. The van der Waals surface area contributed by atoms with Gasteiger partial charge in [0.05, 0.1) is 0 Å². The van der Waals surface area contributed by atoms with E-state index >= 15 is 0 Å². The molecule has 0 atom stereocenters. The molecule has 1 N–H and O–H groups in total. The number of anilines is 1. The Morgan fingerprint density at radius 1 is 1.47 bits per heavy atom. The molecule has 1 rings (SSSR count). The van der Waals surface area contributed by atoms with Crippen molar-refractivity contribution in [3.63, 3.8) is 0 Å². The predicted octanol–water partition coefficient (Wildman–Crippen LogP) is 3.93. The van der Waals surface area contributed by atoms with Crippen LogP contribution in [-0.2, 0) is 0 Å². The topological polar surface area (TPSA) is 15.3 Å². The van der Waals surface area contributed by atoms with E-state index in [1.54, 1.807) is 0 Å². The van der Waals surface area contributed by atoms with E-state index in [1.807, 2.05) is 37.1 Å². The van der Waals surface area contributed by atoms with Crippen molar-refractivity contribution in [1.82, 2.24) is 4.90 Å². The summed E-state index contributed by atoms with van der Waals surface area (Å²) < 4.78 is 0. The molecule has 0 bridgehead atoms. The Balaban J connectivity index is 2.67. The van der Waals surface area contributed by atoms with Crippen LogP contribution in [0.15, 0.2) is 18.2 Å². The zero-order chi connectivity index (χ0) is 13.0. The van der Waals surface area contributed by atoms with E-state index in [1.165, 1.54) is 0 Å². The van der Waals surface area contributed by atoms with Gasteiger partial charge in [-0.05, 0) is 48.8 Å². The van der Waals surface area contributed by atoms with Crippen LogP contribution in [0.2, 0.25) is 5.02 Å². The summed E-state index contributed by atoms with van der Waals surface area (Å²) in [4.78, 5) is 2.05. The molecule has 94 valence electrons. The molecule has 1 aromatic carbocycles. The number of halogens is 1. The summed E-state index contributed by atoms with van der Waals surface area (Å²) in [7, 11) is 2.00. The highest BCUT2D eigenvalue weighted by atomic mass is 35.5. The van der Waals surface area contributed by atoms with Gasteiger partial charge in [0.2, 0.25) is 0 Å². The fourth-order valence-electron chi connectivity index (χ4n) is 1.61. The lowest BCUT2D eigenvalue weighted by Gasteiger charge is -2.23. The Labute approximate surface area is 114 Å². The van der Waals surface area contributed by atoms with E-state index in [2.05, 4.69) is 19.2 Å². The number of rotatable bonds is 3. The van der Waals surface area contributed by atoms with Gasteiger partial charge in [-0.3, -0.25) is 0 Å². The fourth-order valence-corrected chi connectivity index (χ4v) is 2.02. The summed E-state index contributed by atoms with van der Waals surface area (Å²) in [6.07, 6.45) is 0. The molecule has 0 radical (unpaired) electrons. The van der Waals surface area contributed by atoms with Gasteiger partial charge in [0.25, 0.3) is 0 Å². The van der Waals surface area contributed by atoms with E-state index in [4.69, 9.17) is 23.8 Å². The van der Waals surface area contributed by atoms with Crippen LogP contribution in [0.4, 0.5) is 5.69 Å². The van der Waals surface area contributed by atoms with E-state index < -0.39 is 0 Å². The molecule has 0 heterocycles. The van der Waals surface area contributed by atoms with Crippen LogP contribution in [0.3, 0.4) is 0 Å². The van der Waals surface area contributed by atoms with Crippen LogP contribution in [0, 0.1) is 12.8 Å². The molecule has 17 heavy (non-hydrogen) atoms. The Kier molecular flexibility index (Phi) is 5.22. The van der Waals surface area contributed by atoms with Crippen molar-refractivity contribution in [1.29, 1.82) is 0 Å². The number of benzene rings is 1. The molecule has 0 aliphatic heterocycles. The number of nitrogens with one attached hydrogen (secondary N) is 1. The van der Waals surface area contributed by atoms with Gasteiger partial charge in [-0.25, -0.2) is 0 Å². The second-order valence-corrected chi connectivity index (χ2v) is 5.49. The molecule has 1 aromatic rings. The molecular formula is C13H19ClN2S. The molecule has 0 amide bonds. The van der Waals surface area contributed by atoms with Crippen molar-refractivity contribution in [3.05, 3.63) is 28.8 Å². The largest absolute Gasteiger partial charge is 0.352 e. The van der Waals surface area contributed by atoms with Gasteiger partial charge >= 0.3 is 0 Å². The van der Waals surface area contributed by atoms with E-state index in [-0.39, 0.29) is 0 Å². The summed E-state index contributed by atoms with van der Waals surface area (Å²) in [6.45, 7) is 7.30. The van der Waals surface area contributed by atoms with E-state index in [0.717, 1.165) is 27.9 Å². The first-order chi connectivity index (χ1) is 7.90. The summed E-state index contributed by atoms with van der Waals surface area (Å²) in [5.41, 5.74) is 2.10. The molecule has 0 saturated heterocycles. The third kappa shape index (κ3) is 4.52. The summed E-state index contributed by atoms with van der Waals surface area (Å²) in [6, 6.07) is 5.74. The lowest BCUT2D eigenvalue weighted by molar-refractivity contribution is 0.430. The zero-order valence-corrected chi connectivity index (χ0v) is 12.3. The Morgan fingerprint density at radius 3 is 2.65 bits per heavy atom. The van der Waals surface area contributed by atoms with Crippen LogP contribution < -0.4 is 5.32 Å². The van der Waals surface area contributed by atoms with Crippen molar-refractivity contribution >= 4 is 34.6 Å². The number of hydrogen-bond donors (Lipinski definition) is 1. The number of nitrogens with zero attached hydrogens (tertiary/aromatic N) is 1. The van der Waals surface area contributed by atoms with Crippen molar-refractivity contribution < 1.29 is 0 Å². The first-order valence-electron chi connectivity index (χ1n) is 5.68. The predicted molar refractivity (Wildman–Crippen MR) is 79.9 cm³/mol. The van der Waals surface area contributed by atoms with Crippen molar-refractivity contribution in [2.45, 2.75) is 20.8 Å². The van der Waals surface area contributed by atoms with Gasteiger partial charge in [-0.2, -0.15) is 0 Å². The maximum atomic E-state index is 5.91. The average Bonchev–Trinajstić information content (AvgIpc) is 2.21. The summed E-state index contributed by atoms with van der Waals surface area (Å²) >= 11 is 11.3. The van der Waals surface area contributed by atoms with Crippen LogP contribution in [0.5, 0.6) is 0 Å². The maximum absolute atomic E-state index is 5.91. The number of thiocarbonyl (C=S) groups is 1. The normalized spacial score (nSPS) is 10.5. The first kappa shape index (κ1) is 14.3. The Bertz CT molecular complexity index is 404. The van der Waals surface area contributed by atoms with E-state index in [9.17, 15) is 0 Å². The smallest absolute Gasteiger partial charge is 0.173 e. The third-order valence-corrected chi connectivity index (χ3v) is 3.06. The van der Waals surface area contributed by atoms with Crippen LogP contribution in [0.25, 0.3) is 0 Å². The Morgan fingerprint density at radius 2 is 2.12 bits per heavy atom. The summed E-state index contributed by atoms with van der Waals surface area (Å²) in [5, 5.41) is 4.73. The number of hydrogen-bond acceptors (Lipinski definition) is 1. The quantitative estimate of drug-likeness (QED) is 0.838. The SMILES string of the molecule is Cc1cc(Cl)ccc1NC(=S)N(C)CC(C)C. The molecule has 4 heteroatoms. The van der Waals surface area contributed by atoms with E-state index in [0.29, 0.717) is 5.92 Å². The molecular weight excluding hydrogens is 252 g/mol. The monoisotopic (exact) mass is 270 g/mol. The lowest BCUT2D eigenvalue weighted by atomic mass is 10.2. The third-order valence-electron chi connectivity index (χ3n) is 2.42. The maximum Gasteiger partial charge on any atom is 0.173 e. The molecule has 0 saturated carbocycles. The van der Waals surface area contributed by atoms with Crippen LogP contribution in [-0.4, -0.2) is 23.6 Å². The van der Waals surface area contributed by atoms with Gasteiger partial charge in [-0.1, -0.05) is 25.4 Å². The zero-order valence-electron chi connectivity index (χ0n) is 10.7. The molecule has 0 unspecified atom stereocenters. The number of aryl methyl sites for hydroxylation is 1. The standard InChI is InChI=1S/C13H19ClN2S/c1-9(2)8-16(4)13(17)15-12-6-5-11(14)7-10(12)3/h5-7,9H,8H2,1-4H3,(H,15,17). The second-order valence-electron chi connectivity index (χ2n) is 4.66. The minimum absolute atomic E-state index is 0.589. The molecule has 0 fully saturated rings. The molecule has 2 nitrogen and oxygen atoms in total. The lowest BCUT2D eigenvalue weighted by Crippen LogP contribution is -2.34. The molecule has 0 aliphatic carbocycles. The van der Waals surface area contributed by atoms with Gasteiger partial charge < -0.3 is 10.2 Å². The fraction of sp³-hybridized carbons (Fsp3) is 0.462. The molecule has 0 aromatic heterocycles. The molecule has 0 spiro atoms. The van der Waals surface area contributed by atoms with Crippen LogP contribution >= 0.6 is 23.8 Å². The minimum Gasteiger partial charge on any atom is -0.352 e. The van der Waals surface area contributed by atoms with Gasteiger partial charge in [-0.15, -0.1) is 0 Å². The van der Waals surface area contributed by atoms with Crippen molar-refractivity contribution in [2.24, 2.45) is 5.92 Å². The highest BCUT2D eigenvalue weighted by Crippen LogP contribution is 2.19. The first-order valence-corrected chi connectivity index (χ1v) is 6.47. The van der Waals surface area contributed by atoms with Crippen LogP contribution in [0.1, 0.15) is 19.4 Å². The average molecular weight is 271 g/mol. The minimum atomic E-state index is 0.589. The second kappa shape index (κ2) is 6.22. The van der Waals surface area contributed by atoms with Gasteiger partial charge in [0.1, 0.15) is 0 Å². The Hall–Kier alpha value is -0.800. The van der Waals surface area contributed by atoms with Crippen molar-refractivity contribution in [2.75, 3.05) is 18.9 Å². The van der Waals surface area contributed by atoms with Gasteiger partial charge in [0, 0.05) is 24.3 Å².